The van der Waals surface area contributed by atoms with Gasteiger partial charge in [-0.2, -0.15) is 5.10 Å². The Kier molecular flexibility index (Phi) is 4.05. The lowest BCUT2D eigenvalue weighted by atomic mass is 10.2. The minimum Gasteiger partial charge on any atom is -0.494 e. The molecule has 2 amide bonds. The van der Waals surface area contributed by atoms with Gasteiger partial charge in [-0.05, 0) is 18.9 Å². The van der Waals surface area contributed by atoms with Crippen molar-refractivity contribution in [3.63, 3.8) is 0 Å². The maximum absolute atomic E-state index is 12.6. The first-order valence-corrected chi connectivity index (χ1v) is 9.02. The van der Waals surface area contributed by atoms with Gasteiger partial charge in [0.15, 0.2) is 5.75 Å². The van der Waals surface area contributed by atoms with Crippen molar-refractivity contribution in [2.45, 2.75) is 12.8 Å². The number of ether oxygens (including phenoxy) is 1. The quantitative estimate of drug-likeness (QED) is 0.541. The number of nitrogens with one attached hydrogen (secondary N) is 3. The van der Waals surface area contributed by atoms with Gasteiger partial charge in [-0.15, -0.1) is 0 Å². The number of carbonyl (C=O) groups is 2. The van der Waals surface area contributed by atoms with Crippen molar-refractivity contribution < 1.29 is 18.4 Å². The van der Waals surface area contributed by atoms with Crippen LogP contribution in [0.2, 0.25) is 0 Å². The number of nitrogens with zero attached hydrogens (tertiary/aromatic N) is 4. The van der Waals surface area contributed by atoms with Crippen LogP contribution in [0.15, 0.2) is 30.7 Å². The summed E-state index contributed by atoms with van der Waals surface area (Å²) in [6.07, 6.45) is 5.81. The van der Waals surface area contributed by atoms with Crippen LogP contribution < -0.4 is 20.7 Å². The van der Waals surface area contributed by atoms with E-state index >= 15 is 0 Å². The number of amides is 2. The summed E-state index contributed by atoms with van der Waals surface area (Å²) >= 11 is 0. The molecule has 3 heterocycles. The van der Waals surface area contributed by atoms with Crippen LogP contribution >= 0.6 is 0 Å². The van der Waals surface area contributed by atoms with E-state index in [1.807, 2.05) is 5.32 Å². The number of carbonyl (C=O) groups excluding carboxylic acids is 2. The standard InChI is InChI=1S/C20H19N7O3/c1-21-15-10-24-27-7-6-13(18(30-3)17(15)27)25-14-8-16(26-19(28)11-4-5-11)23-9-12(14)20(29)22-2/h6-11H,4-5H2,2-3H3,(H,22,29)(H2,23,25,26,28)/i2D3. The second-order valence-corrected chi connectivity index (χ2v) is 6.66. The number of methoxy groups -OCH3 is 1. The van der Waals surface area contributed by atoms with Crippen LogP contribution in [0, 0.1) is 12.5 Å². The summed E-state index contributed by atoms with van der Waals surface area (Å²) in [5.41, 5.74) is 1.20. The second kappa shape index (κ2) is 7.71. The number of hydrogen-bond acceptors (Lipinski definition) is 6. The predicted octanol–water partition coefficient (Wildman–Crippen LogP) is 2.74. The van der Waals surface area contributed by atoms with Gasteiger partial charge in [0, 0.05) is 35.5 Å². The van der Waals surface area contributed by atoms with Crippen molar-refractivity contribution in [3.8, 4) is 5.75 Å². The average Bonchev–Trinajstić information content (AvgIpc) is 3.52. The Labute approximate surface area is 176 Å². The summed E-state index contributed by atoms with van der Waals surface area (Å²) in [6, 6.07) is 3.06. The molecule has 0 saturated heterocycles. The average molecular weight is 408 g/mol. The molecule has 3 aromatic rings. The summed E-state index contributed by atoms with van der Waals surface area (Å²) in [6.45, 7) is 4.65. The monoisotopic (exact) mass is 408 g/mol. The van der Waals surface area contributed by atoms with Crippen molar-refractivity contribution in [1.29, 1.82) is 0 Å². The molecule has 0 aromatic carbocycles. The molecule has 0 radical (unpaired) electrons. The van der Waals surface area contributed by atoms with E-state index in [1.54, 1.807) is 12.3 Å². The van der Waals surface area contributed by atoms with Gasteiger partial charge in [0.2, 0.25) is 11.6 Å². The summed E-state index contributed by atoms with van der Waals surface area (Å²) < 4.78 is 28.9. The molecule has 0 unspecified atom stereocenters. The largest absolute Gasteiger partial charge is 0.494 e. The normalized spacial score (nSPS) is 14.7. The molecule has 1 aliphatic rings. The molecule has 0 spiro atoms. The number of pyridine rings is 2. The molecule has 152 valence electrons. The van der Waals surface area contributed by atoms with E-state index in [1.165, 1.54) is 30.1 Å². The van der Waals surface area contributed by atoms with E-state index < -0.39 is 12.9 Å². The zero-order valence-electron chi connectivity index (χ0n) is 18.9. The Morgan fingerprint density at radius 1 is 1.37 bits per heavy atom. The fourth-order valence-electron chi connectivity index (χ4n) is 3.02. The SMILES string of the molecule is [2H]C([2H])([2H])NC(=O)c1cnc(NC(=O)C2CC2)cc1Nc1ccn2ncc([N+]#[C-])c2c1OC. The molecule has 1 aliphatic carbocycles. The highest BCUT2D eigenvalue weighted by atomic mass is 16.5. The first-order chi connectivity index (χ1) is 15.7. The molecule has 30 heavy (non-hydrogen) atoms. The Balaban J connectivity index is 1.76. The topological polar surface area (TPSA) is 114 Å². The fourth-order valence-corrected chi connectivity index (χ4v) is 3.02. The van der Waals surface area contributed by atoms with Gasteiger partial charge in [-0.25, -0.2) is 14.3 Å². The number of hydrogen-bond donors (Lipinski definition) is 3. The first-order valence-electron chi connectivity index (χ1n) is 10.5. The molecule has 0 atom stereocenters. The Morgan fingerprint density at radius 2 is 2.20 bits per heavy atom. The van der Waals surface area contributed by atoms with Crippen LogP contribution in [-0.2, 0) is 4.79 Å². The van der Waals surface area contributed by atoms with E-state index in [4.69, 9.17) is 15.4 Å². The highest BCUT2D eigenvalue weighted by Crippen LogP contribution is 2.38. The van der Waals surface area contributed by atoms with Gasteiger partial charge in [0.1, 0.15) is 11.3 Å². The highest BCUT2D eigenvalue weighted by molar-refractivity contribution is 6.02. The zero-order chi connectivity index (χ0) is 23.8. The molecule has 3 N–H and O–H groups in total. The molecule has 3 aromatic heterocycles. The summed E-state index contributed by atoms with van der Waals surface area (Å²) in [5.74, 6) is -0.614. The predicted molar refractivity (Wildman–Crippen MR) is 110 cm³/mol. The molecule has 1 fully saturated rings. The van der Waals surface area contributed by atoms with E-state index in [9.17, 15) is 9.59 Å². The van der Waals surface area contributed by atoms with Crippen molar-refractivity contribution in [2.24, 2.45) is 5.92 Å². The lowest BCUT2D eigenvalue weighted by Crippen LogP contribution is -2.20. The van der Waals surface area contributed by atoms with Crippen molar-refractivity contribution in [2.75, 3.05) is 24.7 Å². The molecule has 1 saturated carbocycles. The smallest absolute Gasteiger partial charge is 0.254 e. The van der Waals surface area contributed by atoms with Gasteiger partial charge < -0.3 is 20.7 Å². The van der Waals surface area contributed by atoms with E-state index in [0.717, 1.165) is 12.8 Å². The maximum Gasteiger partial charge on any atom is 0.254 e. The highest BCUT2D eigenvalue weighted by Gasteiger charge is 2.30. The number of fused-ring (bicyclic) bond motifs is 1. The van der Waals surface area contributed by atoms with Crippen LogP contribution in [0.4, 0.5) is 22.9 Å². The molecular weight excluding hydrogens is 386 g/mol. The Bertz CT molecular complexity index is 1290. The minimum absolute atomic E-state index is 0.0573. The third-order valence-electron chi connectivity index (χ3n) is 4.67. The molecule has 10 nitrogen and oxygen atoms in total. The van der Waals surface area contributed by atoms with Crippen LogP contribution in [-0.4, -0.2) is 40.5 Å². The van der Waals surface area contributed by atoms with Crippen LogP contribution in [0.25, 0.3) is 10.4 Å². The third kappa shape index (κ3) is 3.48. The molecule has 10 heteroatoms. The lowest BCUT2D eigenvalue weighted by Gasteiger charge is -2.16. The summed E-state index contributed by atoms with van der Waals surface area (Å²) in [4.78, 5) is 32.3. The van der Waals surface area contributed by atoms with Gasteiger partial charge in [0.25, 0.3) is 5.91 Å². The number of aromatic nitrogens is 3. The van der Waals surface area contributed by atoms with Gasteiger partial charge in [0.05, 0.1) is 36.8 Å². The first kappa shape index (κ1) is 15.8. The molecule has 4 rings (SSSR count). The van der Waals surface area contributed by atoms with Gasteiger partial charge in [-0.3, -0.25) is 9.59 Å². The van der Waals surface area contributed by atoms with Crippen molar-refractivity contribution >= 4 is 40.2 Å². The fraction of sp³-hybridized carbons (Fsp3) is 0.250. The van der Waals surface area contributed by atoms with Crippen molar-refractivity contribution in [3.05, 3.63) is 47.7 Å². The second-order valence-electron chi connectivity index (χ2n) is 6.66. The number of rotatable bonds is 6. The Hall–Kier alpha value is -4.13. The summed E-state index contributed by atoms with van der Waals surface area (Å²) in [7, 11) is 1.43. The lowest BCUT2D eigenvalue weighted by molar-refractivity contribution is -0.117. The van der Waals surface area contributed by atoms with Crippen LogP contribution in [0.3, 0.4) is 0 Å². The maximum atomic E-state index is 12.6. The van der Waals surface area contributed by atoms with Gasteiger partial charge >= 0.3 is 0 Å². The van der Waals surface area contributed by atoms with E-state index in [-0.39, 0.29) is 34.6 Å². The van der Waals surface area contributed by atoms with E-state index in [0.29, 0.717) is 17.0 Å². The molecular formula is C20H19N7O3. The van der Waals surface area contributed by atoms with E-state index in [2.05, 4.69) is 25.6 Å². The third-order valence-corrected chi connectivity index (χ3v) is 4.67. The van der Waals surface area contributed by atoms with Gasteiger partial charge in [-0.1, -0.05) is 0 Å². The summed E-state index contributed by atoms with van der Waals surface area (Å²) in [5, 5.41) is 11.8. The zero-order valence-corrected chi connectivity index (χ0v) is 15.9. The molecule has 0 aliphatic heterocycles. The van der Waals surface area contributed by atoms with Crippen LogP contribution in [0.5, 0.6) is 5.75 Å². The molecule has 0 bridgehead atoms. The van der Waals surface area contributed by atoms with Crippen LogP contribution in [0.1, 0.15) is 27.3 Å². The Morgan fingerprint density at radius 3 is 2.90 bits per heavy atom. The van der Waals surface area contributed by atoms with Crippen molar-refractivity contribution in [1.82, 2.24) is 19.9 Å². The number of anilines is 3. The minimum atomic E-state index is -2.70.